The number of hydrogen-bond acceptors (Lipinski definition) is 4. The number of ether oxygens (including phenoxy) is 1. The van der Waals surface area contributed by atoms with Crippen LogP contribution in [0.15, 0.2) is 24.3 Å². The maximum atomic E-state index is 12.7. The average molecular weight is 268 g/mol. The monoisotopic (exact) mass is 268 g/mol. The van der Waals surface area contributed by atoms with Gasteiger partial charge in [0.15, 0.2) is 0 Å². The van der Waals surface area contributed by atoms with Crippen LogP contribution in [0.25, 0.3) is 0 Å². The number of rotatable bonds is 1. The van der Waals surface area contributed by atoms with Crippen LogP contribution in [-0.2, 0) is 9.30 Å². The molecule has 0 aromatic heterocycles. The number of nitrogens with one attached hydrogen (secondary N) is 1. The Morgan fingerprint density at radius 1 is 1.22 bits per heavy atom. The Kier molecular flexibility index (Phi) is 2.86. The van der Waals surface area contributed by atoms with Crippen LogP contribution >= 0.6 is 7.67 Å². The molecule has 3 rings (SSSR count). The summed E-state index contributed by atoms with van der Waals surface area (Å²) in [5, 5.41) is 2.48. The number of nitrogens with zero attached hydrogens (tertiary/aromatic N) is 1. The van der Waals surface area contributed by atoms with Crippen molar-refractivity contribution in [2.75, 3.05) is 26.3 Å². The van der Waals surface area contributed by atoms with E-state index in [-0.39, 0.29) is 5.91 Å². The van der Waals surface area contributed by atoms with Gasteiger partial charge in [0.1, 0.15) is 5.75 Å². The van der Waals surface area contributed by atoms with Crippen molar-refractivity contribution in [3.63, 3.8) is 0 Å². The Balaban J connectivity index is 1.92. The van der Waals surface area contributed by atoms with Gasteiger partial charge in [-0.2, -0.15) is 4.67 Å². The van der Waals surface area contributed by atoms with Crippen LogP contribution < -0.4 is 9.61 Å². The molecule has 18 heavy (non-hydrogen) atoms. The standard InChI is InChI=1S/C11H13N2O4P/c14-11-9-3-1-2-4-10(9)17-18(15,12-11)13-5-7-16-8-6-13/h1-4H,5-8H2,(H,12,14,15). The second-order valence-electron chi connectivity index (χ2n) is 4.11. The number of carbonyl (C=O) groups excluding carboxylic acids is 1. The molecule has 1 amide bonds. The van der Waals surface area contributed by atoms with E-state index in [9.17, 15) is 9.36 Å². The van der Waals surface area contributed by atoms with Crippen molar-refractivity contribution in [1.29, 1.82) is 0 Å². The van der Waals surface area contributed by atoms with Gasteiger partial charge >= 0.3 is 7.67 Å². The number of hydrogen-bond donors (Lipinski definition) is 1. The highest BCUT2D eigenvalue weighted by atomic mass is 31.2. The average Bonchev–Trinajstić information content (AvgIpc) is 2.40. The van der Waals surface area contributed by atoms with Crippen molar-refractivity contribution in [2.24, 2.45) is 0 Å². The fourth-order valence-electron chi connectivity index (χ4n) is 2.02. The number of morpholine rings is 1. The lowest BCUT2D eigenvalue weighted by atomic mass is 10.2. The summed E-state index contributed by atoms with van der Waals surface area (Å²) in [5.41, 5.74) is 0.414. The third-order valence-electron chi connectivity index (χ3n) is 2.96. The first-order valence-corrected chi connectivity index (χ1v) is 7.31. The molecule has 96 valence electrons. The first-order chi connectivity index (χ1) is 8.69. The van der Waals surface area contributed by atoms with E-state index in [0.717, 1.165) is 0 Å². The molecule has 1 saturated heterocycles. The molecule has 0 spiro atoms. The van der Waals surface area contributed by atoms with Gasteiger partial charge in [-0.25, -0.2) is 4.57 Å². The largest absolute Gasteiger partial charge is 0.422 e. The van der Waals surface area contributed by atoms with Crippen molar-refractivity contribution < 1.29 is 18.6 Å². The molecule has 7 heteroatoms. The van der Waals surface area contributed by atoms with E-state index in [1.54, 1.807) is 28.9 Å². The Hall–Kier alpha value is -1.36. The molecular formula is C11H13N2O4P. The zero-order valence-electron chi connectivity index (χ0n) is 9.67. The molecule has 2 heterocycles. The van der Waals surface area contributed by atoms with Crippen molar-refractivity contribution >= 4 is 13.6 Å². The molecule has 2 aliphatic heterocycles. The van der Waals surface area contributed by atoms with E-state index in [1.165, 1.54) is 0 Å². The molecule has 0 radical (unpaired) electrons. The van der Waals surface area contributed by atoms with Gasteiger partial charge in [0.25, 0.3) is 5.91 Å². The maximum absolute atomic E-state index is 12.7. The summed E-state index contributed by atoms with van der Waals surface area (Å²) in [7, 11) is -3.32. The van der Waals surface area contributed by atoms with Gasteiger partial charge in [-0.15, -0.1) is 0 Å². The number of para-hydroxylation sites is 1. The molecule has 1 fully saturated rings. The summed E-state index contributed by atoms with van der Waals surface area (Å²) in [5.74, 6) is 0.0164. The van der Waals surface area contributed by atoms with Crippen LogP contribution in [0.1, 0.15) is 10.4 Å². The first-order valence-electron chi connectivity index (χ1n) is 5.73. The summed E-state index contributed by atoms with van der Waals surface area (Å²) in [6, 6.07) is 6.79. The van der Waals surface area contributed by atoms with Gasteiger partial charge < -0.3 is 9.26 Å². The quantitative estimate of drug-likeness (QED) is 0.776. The van der Waals surface area contributed by atoms with E-state index < -0.39 is 7.67 Å². The van der Waals surface area contributed by atoms with Gasteiger partial charge in [-0.1, -0.05) is 12.1 Å². The predicted octanol–water partition coefficient (Wildman–Crippen LogP) is 1.25. The summed E-state index contributed by atoms with van der Waals surface area (Å²) in [6.45, 7) is 1.95. The van der Waals surface area contributed by atoms with Crippen LogP contribution in [0, 0.1) is 0 Å². The van der Waals surface area contributed by atoms with Crippen LogP contribution in [0.4, 0.5) is 0 Å². The van der Waals surface area contributed by atoms with Gasteiger partial charge in [-0.05, 0) is 12.1 Å². The summed E-state index contributed by atoms with van der Waals surface area (Å²) in [6.07, 6.45) is 0. The van der Waals surface area contributed by atoms with E-state index in [2.05, 4.69) is 5.09 Å². The second-order valence-corrected chi connectivity index (χ2v) is 6.13. The molecule has 1 unspecified atom stereocenters. The third kappa shape index (κ3) is 1.92. The van der Waals surface area contributed by atoms with Crippen LogP contribution in [-0.4, -0.2) is 36.9 Å². The molecule has 1 aromatic carbocycles. The van der Waals surface area contributed by atoms with Crippen molar-refractivity contribution in [3.8, 4) is 5.75 Å². The second kappa shape index (κ2) is 4.39. The number of benzene rings is 1. The topological polar surface area (TPSA) is 67.9 Å². The maximum Gasteiger partial charge on any atom is 0.422 e. The summed E-state index contributed by atoms with van der Waals surface area (Å²) in [4.78, 5) is 11.9. The summed E-state index contributed by atoms with van der Waals surface area (Å²) >= 11 is 0. The Morgan fingerprint density at radius 2 is 1.94 bits per heavy atom. The minimum absolute atomic E-state index is 0.355. The van der Waals surface area contributed by atoms with E-state index in [4.69, 9.17) is 9.26 Å². The predicted molar refractivity (Wildman–Crippen MR) is 64.5 cm³/mol. The lowest BCUT2D eigenvalue weighted by Gasteiger charge is -2.35. The Morgan fingerprint density at radius 3 is 2.72 bits per heavy atom. The minimum atomic E-state index is -3.32. The van der Waals surface area contributed by atoms with Crippen molar-refractivity contribution in [1.82, 2.24) is 9.76 Å². The van der Waals surface area contributed by atoms with Crippen LogP contribution in [0.3, 0.4) is 0 Å². The lowest BCUT2D eigenvalue weighted by Crippen LogP contribution is -2.42. The normalized spacial score (nSPS) is 28.1. The van der Waals surface area contributed by atoms with E-state index >= 15 is 0 Å². The molecule has 0 bridgehead atoms. The molecule has 0 saturated carbocycles. The SMILES string of the molecule is O=C1NP(=O)(N2CCOCC2)Oc2ccccc21. The van der Waals surface area contributed by atoms with Crippen molar-refractivity contribution in [3.05, 3.63) is 29.8 Å². The van der Waals surface area contributed by atoms with E-state index in [0.29, 0.717) is 37.6 Å². The van der Waals surface area contributed by atoms with Gasteiger partial charge in [0.2, 0.25) is 0 Å². The smallest absolute Gasteiger partial charge is 0.417 e. The number of fused-ring (bicyclic) bond motifs is 1. The zero-order chi connectivity index (χ0) is 12.6. The summed E-state index contributed by atoms with van der Waals surface area (Å²) < 4.78 is 25.0. The van der Waals surface area contributed by atoms with Gasteiger partial charge in [-0.3, -0.25) is 9.88 Å². The van der Waals surface area contributed by atoms with E-state index in [1.807, 2.05) is 0 Å². The molecule has 1 atom stereocenters. The van der Waals surface area contributed by atoms with Crippen molar-refractivity contribution in [2.45, 2.75) is 0 Å². The highest BCUT2D eigenvalue weighted by Crippen LogP contribution is 2.50. The van der Waals surface area contributed by atoms with Crippen LogP contribution in [0.5, 0.6) is 5.75 Å². The molecule has 2 aliphatic rings. The molecule has 1 aromatic rings. The lowest BCUT2D eigenvalue weighted by molar-refractivity contribution is 0.0659. The van der Waals surface area contributed by atoms with Gasteiger partial charge in [0.05, 0.1) is 18.8 Å². The Bertz CT molecular complexity index is 528. The molecule has 0 aliphatic carbocycles. The fourth-order valence-corrected chi connectivity index (χ4v) is 3.82. The number of carbonyl (C=O) groups is 1. The highest BCUT2D eigenvalue weighted by Gasteiger charge is 2.41. The number of amides is 1. The minimum Gasteiger partial charge on any atom is -0.417 e. The first kappa shape index (κ1) is 11.7. The fraction of sp³-hybridized carbons (Fsp3) is 0.364. The molecule has 1 N–H and O–H groups in total. The highest BCUT2D eigenvalue weighted by molar-refractivity contribution is 7.55. The van der Waals surface area contributed by atoms with Gasteiger partial charge in [0, 0.05) is 13.1 Å². The molecular weight excluding hydrogens is 255 g/mol. The zero-order valence-corrected chi connectivity index (χ0v) is 10.6. The van der Waals surface area contributed by atoms with Crippen LogP contribution in [0.2, 0.25) is 0 Å². The Labute approximate surface area is 104 Å². The molecule has 6 nitrogen and oxygen atoms in total. The third-order valence-corrected chi connectivity index (χ3v) is 5.03.